The van der Waals surface area contributed by atoms with Crippen LogP contribution in [-0.2, 0) is 11.8 Å². The highest BCUT2D eigenvalue weighted by atomic mass is 35.5. The van der Waals surface area contributed by atoms with Gasteiger partial charge in [-0.2, -0.15) is 0 Å². The predicted octanol–water partition coefficient (Wildman–Crippen LogP) is 1.18. The number of aryl methyl sites for hydroxylation is 1. The first-order valence-electron chi connectivity index (χ1n) is 5.26. The summed E-state index contributed by atoms with van der Waals surface area (Å²) < 4.78 is 1.49. The third-order valence-corrected chi connectivity index (χ3v) is 3.50. The maximum atomic E-state index is 11.8. The van der Waals surface area contributed by atoms with E-state index in [9.17, 15) is 4.79 Å². The van der Waals surface area contributed by atoms with Crippen LogP contribution in [0.5, 0.6) is 0 Å². The molecule has 0 aliphatic heterocycles. The molecule has 1 aromatic carbocycles. The molecule has 0 atom stereocenters. The van der Waals surface area contributed by atoms with Gasteiger partial charge in [0.1, 0.15) is 0 Å². The molecule has 2 aromatic rings. The smallest absolute Gasteiger partial charge is 0.234 e. The van der Waals surface area contributed by atoms with Crippen molar-refractivity contribution in [2.45, 2.75) is 5.16 Å². The van der Waals surface area contributed by atoms with Gasteiger partial charge in [-0.15, -0.1) is 5.10 Å². The standard InChI is InChI=1S/C10H11ClN6OS/c1-17-10(14-15-16-17)19-5-9(18)13-8-3-2-6(12)4-7(8)11/h2-4H,5,12H2,1H3,(H,13,18). The van der Waals surface area contributed by atoms with Gasteiger partial charge in [0.05, 0.1) is 16.5 Å². The van der Waals surface area contributed by atoms with E-state index in [1.54, 1.807) is 25.2 Å². The second-order valence-corrected chi connectivity index (χ2v) is 5.01. The highest BCUT2D eigenvalue weighted by molar-refractivity contribution is 7.99. The van der Waals surface area contributed by atoms with Crippen molar-refractivity contribution in [1.82, 2.24) is 20.2 Å². The van der Waals surface area contributed by atoms with Crippen molar-refractivity contribution in [2.24, 2.45) is 7.05 Å². The van der Waals surface area contributed by atoms with Crippen LogP contribution in [-0.4, -0.2) is 31.9 Å². The second kappa shape index (κ2) is 5.89. The average Bonchev–Trinajstić information content (AvgIpc) is 2.76. The number of benzene rings is 1. The molecule has 0 aliphatic rings. The normalized spacial score (nSPS) is 10.4. The predicted molar refractivity (Wildman–Crippen MR) is 74.0 cm³/mol. The van der Waals surface area contributed by atoms with Crippen LogP contribution in [0.25, 0.3) is 0 Å². The number of nitrogen functional groups attached to an aromatic ring is 1. The van der Waals surface area contributed by atoms with Crippen molar-refractivity contribution in [3.05, 3.63) is 23.2 Å². The molecule has 0 fully saturated rings. The van der Waals surface area contributed by atoms with Crippen LogP contribution in [0, 0.1) is 0 Å². The van der Waals surface area contributed by atoms with Crippen LogP contribution < -0.4 is 11.1 Å². The number of carbonyl (C=O) groups excluding carboxylic acids is 1. The van der Waals surface area contributed by atoms with Crippen molar-refractivity contribution in [3.8, 4) is 0 Å². The summed E-state index contributed by atoms with van der Waals surface area (Å²) in [6, 6.07) is 4.91. The van der Waals surface area contributed by atoms with Gasteiger partial charge in [0.25, 0.3) is 0 Å². The number of nitrogens with one attached hydrogen (secondary N) is 1. The molecule has 1 amide bonds. The SMILES string of the molecule is Cn1nnnc1SCC(=O)Nc1ccc(N)cc1Cl. The monoisotopic (exact) mass is 298 g/mol. The molecule has 1 heterocycles. The summed E-state index contributed by atoms with van der Waals surface area (Å²) >= 11 is 7.20. The Balaban J connectivity index is 1.93. The fraction of sp³-hybridized carbons (Fsp3) is 0.200. The number of carbonyl (C=O) groups is 1. The largest absolute Gasteiger partial charge is 0.399 e. The zero-order valence-corrected chi connectivity index (χ0v) is 11.6. The molecule has 19 heavy (non-hydrogen) atoms. The van der Waals surface area contributed by atoms with Crippen LogP contribution in [0.15, 0.2) is 23.4 Å². The molecule has 0 saturated carbocycles. The number of aromatic nitrogens is 4. The molecule has 1 aromatic heterocycles. The van der Waals surface area contributed by atoms with Gasteiger partial charge < -0.3 is 11.1 Å². The van der Waals surface area contributed by atoms with E-state index < -0.39 is 0 Å². The summed E-state index contributed by atoms with van der Waals surface area (Å²) in [4.78, 5) is 11.8. The van der Waals surface area contributed by atoms with Gasteiger partial charge in [-0.3, -0.25) is 4.79 Å². The number of halogens is 1. The number of hydrogen-bond donors (Lipinski definition) is 2. The fourth-order valence-electron chi connectivity index (χ4n) is 1.29. The lowest BCUT2D eigenvalue weighted by molar-refractivity contribution is -0.113. The Hall–Kier alpha value is -1.80. The first-order chi connectivity index (χ1) is 9.06. The highest BCUT2D eigenvalue weighted by Crippen LogP contribution is 2.24. The Morgan fingerprint density at radius 2 is 2.37 bits per heavy atom. The van der Waals surface area contributed by atoms with Gasteiger partial charge in [-0.05, 0) is 28.6 Å². The van der Waals surface area contributed by atoms with Crippen molar-refractivity contribution >= 4 is 40.6 Å². The molecule has 0 aliphatic carbocycles. The topological polar surface area (TPSA) is 98.7 Å². The Bertz CT molecular complexity index is 601. The van der Waals surface area contributed by atoms with Gasteiger partial charge >= 0.3 is 0 Å². The molecule has 3 N–H and O–H groups in total. The third-order valence-electron chi connectivity index (χ3n) is 2.18. The highest BCUT2D eigenvalue weighted by Gasteiger charge is 2.09. The van der Waals surface area contributed by atoms with Gasteiger partial charge in [-0.1, -0.05) is 23.4 Å². The van der Waals surface area contributed by atoms with Gasteiger partial charge in [-0.25, -0.2) is 4.68 Å². The Labute approximate surface area is 118 Å². The molecular weight excluding hydrogens is 288 g/mol. The van der Waals surface area contributed by atoms with Crippen molar-refractivity contribution < 1.29 is 4.79 Å². The molecule has 7 nitrogen and oxygen atoms in total. The molecule has 0 saturated heterocycles. The number of nitrogens with zero attached hydrogens (tertiary/aromatic N) is 4. The lowest BCUT2D eigenvalue weighted by atomic mass is 10.3. The minimum Gasteiger partial charge on any atom is -0.399 e. The van der Waals surface area contributed by atoms with Gasteiger partial charge in [0.15, 0.2) is 0 Å². The van der Waals surface area contributed by atoms with Crippen LogP contribution >= 0.6 is 23.4 Å². The number of nitrogens with two attached hydrogens (primary N) is 1. The number of rotatable bonds is 4. The molecule has 100 valence electrons. The van der Waals surface area contributed by atoms with E-state index in [-0.39, 0.29) is 11.7 Å². The van der Waals surface area contributed by atoms with Crippen LogP contribution in [0.4, 0.5) is 11.4 Å². The van der Waals surface area contributed by atoms with Crippen molar-refractivity contribution in [3.63, 3.8) is 0 Å². The molecule has 9 heteroatoms. The minimum atomic E-state index is -0.195. The lowest BCUT2D eigenvalue weighted by Gasteiger charge is -2.07. The number of hydrogen-bond acceptors (Lipinski definition) is 6. The Morgan fingerprint density at radius 3 is 3.00 bits per heavy atom. The van der Waals surface area contributed by atoms with E-state index in [1.165, 1.54) is 16.4 Å². The molecule has 0 unspecified atom stereocenters. The summed E-state index contributed by atoms with van der Waals surface area (Å²) in [5, 5.41) is 14.6. The summed E-state index contributed by atoms with van der Waals surface area (Å²) in [6.45, 7) is 0. The first kappa shape index (κ1) is 13.6. The van der Waals surface area contributed by atoms with Crippen LogP contribution in [0.1, 0.15) is 0 Å². The second-order valence-electron chi connectivity index (χ2n) is 3.66. The van der Waals surface area contributed by atoms with E-state index in [0.29, 0.717) is 21.6 Å². The van der Waals surface area contributed by atoms with Gasteiger partial charge in [0, 0.05) is 12.7 Å². The Morgan fingerprint density at radius 1 is 1.58 bits per heavy atom. The summed E-state index contributed by atoms with van der Waals surface area (Å²) in [5.74, 6) is -0.00535. The Kier molecular flexibility index (Phi) is 4.23. The number of thioether (sulfide) groups is 1. The van der Waals surface area contributed by atoms with Gasteiger partial charge in [0.2, 0.25) is 11.1 Å². The van der Waals surface area contributed by atoms with Crippen LogP contribution in [0.3, 0.4) is 0 Å². The lowest BCUT2D eigenvalue weighted by Crippen LogP contribution is -2.14. The minimum absolute atomic E-state index is 0.189. The maximum Gasteiger partial charge on any atom is 0.234 e. The van der Waals surface area contributed by atoms with Crippen molar-refractivity contribution in [1.29, 1.82) is 0 Å². The molecule has 2 rings (SSSR count). The van der Waals surface area contributed by atoms with E-state index in [1.807, 2.05) is 0 Å². The molecule has 0 radical (unpaired) electrons. The zero-order chi connectivity index (χ0) is 13.8. The number of anilines is 2. The van der Waals surface area contributed by atoms with E-state index in [0.717, 1.165) is 0 Å². The molecule has 0 spiro atoms. The first-order valence-corrected chi connectivity index (χ1v) is 6.62. The summed E-state index contributed by atoms with van der Waals surface area (Å²) in [7, 11) is 1.71. The van der Waals surface area contributed by atoms with E-state index in [2.05, 4.69) is 20.8 Å². The number of tetrazole rings is 1. The summed E-state index contributed by atoms with van der Waals surface area (Å²) in [5.41, 5.74) is 6.64. The quantitative estimate of drug-likeness (QED) is 0.649. The third kappa shape index (κ3) is 3.58. The average molecular weight is 299 g/mol. The van der Waals surface area contributed by atoms with E-state index in [4.69, 9.17) is 17.3 Å². The fourth-order valence-corrected chi connectivity index (χ4v) is 2.18. The van der Waals surface area contributed by atoms with Crippen LogP contribution in [0.2, 0.25) is 5.02 Å². The zero-order valence-electron chi connectivity index (χ0n) is 10.00. The van der Waals surface area contributed by atoms with E-state index >= 15 is 0 Å². The maximum absolute atomic E-state index is 11.8. The molecular formula is C10H11ClN6OS. The molecule has 0 bridgehead atoms. The van der Waals surface area contributed by atoms with Crippen molar-refractivity contribution in [2.75, 3.05) is 16.8 Å². The summed E-state index contributed by atoms with van der Waals surface area (Å²) in [6.07, 6.45) is 0. The number of amides is 1.